The van der Waals surface area contributed by atoms with Crippen LogP contribution in [0.15, 0.2) is 65.8 Å². The summed E-state index contributed by atoms with van der Waals surface area (Å²) in [5.74, 6) is -0.0370. The topological polar surface area (TPSA) is 139 Å². The van der Waals surface area contributed by atoms with Crippen molar-refractivity contribution in [1.29, 1.82) is 0 Å². The summed E-state index contributed by atoms with van der Waals surface area (Å²) in [6.45, 7) is 0. The number of benzene rings is 2. The summed E-state index contributed by atoms with van der Waals surface area (Å²) in [4.78, 5) is 17.9. The average Bonchev–Trinajstić information content (AvgIpc) is 2.70. The van der Waals surface area contributed by atoms with Crippen molar-refractivity contribution in [2.45, 2.75) is 4.90 Å². The van der Waals surface area contributed by atoms with Gasteiger partial charge in [-0.15, -0.1) is 0 Å². The molecule has 0 aliphatic rings. The first-order chi connectivity index (χ1) is 14.2. The molecule has 0 aliphatic heterocycles. The highest BCUT2D eigenvalue weighted by atomic mass is 35.5. The van der Waals surface area contributed by atoms with Crippen molar-refractivity contribution in [3.63, 3.8) is 0 Å². The number of non-ortho nitro benzene ring substituents is 1. The minimum absolute atomic E-state index is 0.0118. The van der Waals surface area contributed by atoms with Gasteiger partial charge in [-0.1, -0.05) is 11.6 Å². The summed E-state index contributed by atoms with van der Waals surface area (Å²) in [5.41, 5.74) is 0.752. The van der Waals surface area contributed by atoms with Gasteiger partial charge in [-0.05, 0) is 48.6 Å². The Kier molecular flexibility index (Phi) is 6.40. The zero-order chi connectivity index (χ0) is 21.7. The van der Waals surface area contributed by atoms with E-state index < -0.39 is 14.9 Å². The van der Waals surface area contributed by atoms with Crippen LogP contribution >= 0.6 is 23.8 Å². The minimum atomic E-state index is -3.85. The van der Waals surface area contributed by atoms with E-state index in [0.717, 1.165) is 0 Å². The molecule has 0 spiro atoms. The Morgan fingerprint density at radius 3 is 2.33 bits per heavy atom. The first kappa shape index (κ1) is 21.4. The first-order valence-electron chi connectivity index (χ1n) is 8.16. The number of nitro groups is 1. The molecule has 13 heteroatoms. The molecule has 0 bridgehead atoms. The van der Waals surface area contributed by atoms with Crippen LogP contribution in [0.4, 0.5) is 23.0 Å². The highest BCUT2D eigenvalue weighted by Crippen LogP contribution is 2.27. The van der Waals surface area contributed by atoms with E-state index >= 15 is 0 Å². The third-order valence-corrected chi connectivity index (χ3v) is 5.49. The van der Waals surface area contributed by atoms with Crippen LogP contribution in [0, 0.1) is 10.1 Å². The van der Waals surface area contributed by atoms with Gasteiger partial charge in [-0.2, -0.15) is 0 Å². The van der Waals surface area contributed by atoms with Crippen molar-refractivity contribution in [3.05, 3.63) is 76.1 Å². The van der Waals surface area contributed by atoms with Gasteiger partial charge in [0.1, 0.15) is 0 Å². The number of thiocarbonyl (C=S) groups is 1. The van der Waals surface area contributed by atoms with Gasteiger partial charge < -0.3 is 10.6 Å². The van der Waals surface area contributed by atoms with Crippen LogP contribution in [0.1, 0.15) is 0 Å². The molecule has 0 fully saturated rings. The molecule has 0 saturated carbocycles. The Balaban J connectivity index is 1.65. The van der Waals surface area contributed by atoms with Crippen molar-refractivity contribution >= 4 is 62.0 Å². The Morgan fingerprint density at radius 1 is 1.07 bits per heavy atom. The third kappa shape index (κ3) is 5.37. The number of anilines is 3. The number of hydrogen-bond donors (Lipinski definition) is 3. The summed E-state index contributed by atoms with van der Waals surface area (Å²) in [7, 11) is -3.85. The van der Waals surface area contributed by atoms with Crippen LogP contribution < -0.4 is 15.4 Å². The van der Waals surface area contributed by atoms with Crippen molar-refractivity contribution in [1.82, 2.24) is 9.97 Å². The molecule has 0 saturated heterocycles. The first-order valence-corrected chi connectivity index (χ1v) is 10.4. The lowest BCUT2D eigenvalue weighted by atomic mass is 10.3. The standard InChI is InChI=1S/C17H13ClN6O4S2/c18-14-10-12(24(25)26)4-7-15(14)22-17(29)21-11-2-5-13(6-3-11)30(27,28)23-16-19-8-1-9-20-16/h1-10H,(H,19,20,23)(H2,21,22,29). The highest BCUT2D eigenvalue weighted by Gasteiger charge is 2.15. The number of nitro benzene ring substituents is 1. The second kappa shape index (κ2) is 8.98. The summed E-state index contributed by atoms with van der Waals surface area (Å²) >= 11 is 11.2. The second-order valence-electron chi connectivity index (χ2n) is 5.70. The molecule has 1 heterocycles. The Morgan fingerprint density at radius 2 is 1.73 bits per heavy atom. The number of nitrogens with zero attached hydrogens (tertiary/aromatic N) is 3. The molecule has 3 rings (SSSR count). The molecule has 1 aromatic heterocycles. The normalized spacial score (nSPS) is 10.8. The van der Waals surface area contributed by atoms with E-state index in [2.05, 4.69) is 25.3 Å². The Hall–Kier alpha value is -3.35. The predicted molar refractivity (Wildman–Crippen MR) is 117 cm³/mol. The lowest BCUT2D eigenvalue weighted by molar-refractivity contribution is -0.384. The molecular formula is C17H13ClN6O4S2. The number of halogens is 1. The van der Waals surface area contributed by atoms with E-state index in [1.807, 2.05) is 0 Å². The maximum atomic E-state index is 12.4. The van der Waals surface area contributed by atoms with Gasteiger partial charge >= 0.3 is 0 Å². The van der Waals surface area contributed by atoms with Crippen LogP contribution in [0.25, 0.3) is 0 Å². The Labute approximate surface area is 181 Å². The second-order valence-corrected chi connectivity index (χ2v) is 8.20. The van der Waals surface area contributed by atoms with Crippen LogP contribution in [-0.4, -0.2) is 28.4 Å². The molecule has 30 heavy (non-hydrogen) atoms. The number of hydrogen-bond acceptors (Lipinski definition) is 7. The van der Waals surface area contributed by atoms with Gasteiger partial charge in [-0.25, -0.2) is 23.1 Å². The highest BCUT2D eigenvalue weighted by molar-refractivity contribution is 7.92. The fourth-order valence-electron chi connectivity index (χ4n) is 2.25. The van der Waals surface area contributed by atoms with Crippen LogP contribution in [0.3, 0.4) is 0 Å². The van der Waals surface area contributed by atoms with E-state index in [0.29, 0.717) is 11.4 Å². The Bertz CT molecular complexity index is 1190. The van der Waals surface area contributed by atoms with Crippen molar-refractivity contribution in [2.75, 3.05) is 15.4 Å². The largest absolute Gasteiger partial charge is 0.332 e. The van der Waals surface area contributed by atoms with Crippen LogP contribution in [0.2, 0.25) is 5.02 Å². The van der Waals surface area contributed by atoms with Crippen molar-refractivity contribution in [3.8, 4) is 0 Å². The van der Waals surface area contributed by atoms with E-state index in [-0.39, 0.29) is 26.7 Å². The van der Waals surface area contributed by atoms with E-state index in [9.17, 15) is 18.5 Å². The summed E-state index contributed by atoms with van der Waals surface area (Å²) < 4.78 is 27.0. The van der Waals surface area contributed by atoms with Gasteiger partial charge in [0.2, 0.25) is 5.95 Å². The molecule has 3 N–H and O–H groups in total. The number of nitrogens with one attached hydrogen (secondary N) is 3. The molecule has 10 nitrogen and oxygen atoms in total. The van der Waals surface area contributed by atoms with E-state index in [1.54, 1.807) is 6.07 Å². The van der Waals surface area contributed by atoms with Gasteiger partial charge in [-0.3, -0.25) is 10.1 Å². The molecule has 3 aromatic rings. The van der Waals surface area contributed by atoms with E-state index in [1.165, 1.54) is 54.9 Å². The lowest BCUT2D eigenvalue weighted by Crippen LogP contribution is -2.19. The average molecular weight is 465 g/mol. The number of rotatable bonds is 6. The molecule has 154 valence electrons. The fraction of sp³-hybridized carbons (Fsp3) is 0. The van der Waals surface area contributed by atoms with Crippen LogP contribution in [0.5, 0.6) is 0 Å². The van der Waals surface area contributed by atoms with Gasteiger partial charge in [0.15, 0.2) is 5.11 Å². The molecule has 0 atom stereocenters. The molecule has 2 aromatic carbocycles. The molecule has 0 radical (unpaired) electrons. The summed E-state index contributed by atoms with van der Waals surface area (Å²) in [5, 5.41) is 16.7. The minimum Gasteiger partial charge on any atom is -0.332 e. The molecule has 0 aliphatic carbocycles. The van der Waals surface area contributed by atoms with Crippen molar-refractivity contribution in [2.24, 2.45) is 0 Å². The summed E-state index contributed by atoms with van der Waals surface area (Å²) in [6, 6.07) is 11.3. The maximum Gasteiger partial charge on any atom is 0.271 e. The summed E-state index contributed by atoms with van der Waals surface area (Å²) in [6.07, 6.45) is 2.84. The number of sulfonamides is 1. The van der Waals surface area contributed by atoms with Gasteiger partial charge in [0, 0.05) is 30.2 Å². The number of aromatic nitrogens is 2. The molecule has 0 unspecified atom stereocenters. The SMILES string of the molecule is O=[N+]([O-])c1ccc(NC(=S)Nc2ccc(S(=O)(=O)Nc3ncccn3)cc2)c(Cl)c1. The van der Waals surface area contributed by atoms with Crippen molar-refractivity contribution < 1.29 is 13.3 Å². The lowest BCUT2D eigenvalue weighted by Gasteiger charge is -2.12. The monoisotopic (exact) mass is 464 g/mol. The zero-order valence-corrected chi connectivity index (χ0v) is 17.3. The predicted octanol–water partition coefficient (Wildman–Crippen LogP) is 3.65. The quantitative estimate of drug-likeness (QED) is 0.283. The molecule has 0 amide bonds. The van der Waals surface area contributed by atoms with E-state index in [4.69, 9.17) is 23.8 Å². The molecular weight excluding hydrogens is 452 g/mol. The van der Waals surface area contributed by atoms with Crippen LogP contribution in [-0.2, 0) is 10.0 Å². The maximum absolute atomic E-state index is 12.4. The van der Waals surface area contributed by atoms with Gasteiger partial charge in [0.05, 0.1) is 20.5 Å². The fourth-order valence-corrected chi connectivity index (χ4v) is 3.66. The smallest absolute Gasteiger partial charge is 0.271 e. The zero-order valence-electron chi connectivity index (χ0n) is 14.9. The van der Waals surface area contributed by atoms with Gasteiger partial charge in [0.25, 0.3) is 15.7 Å². The third-order valence-electron chi connectivity index (χ3n) is 3.63.